The predicted molar refractivity (Wildman–Crippen MR) is 91.5 cm³/mol. The minimum Gasteiger partial charge on any atom is -0.445 e. The molecular formula is C17H23ClN2O4. The smallest absolute Gasteiger partial charge is 0.409 e. The maximum atomic E-state index is 12.2. The lowest BCUT2D eigenvalue weighted by Gasteiger charge is -2.27. The molecule has 2 amide bonds. The zero-order chi connectivity index (χ0) is 18.3. The number of benzene rings is 1. The monoisotopic (exact) mass is 354 g/mol. The van der Waals surface area contributed by atoms with Crippen LogP contribution in [-0.4, -0.2) is 54.2 Å². The molecule has 1 aromatic carbocycles. The summed E-state index contributed by atoms with van der Waals surface area (Å²) in [5, 5.41) is -0.713. The Kier molecular flexibility index (Phi) is 7.22. The van der Waals surface area contributed by atoms with E-state index in [1.54, 1.807) is 14.1 Å². The first-order valence-corrected chi connectivity index (χ1v) is 7.91. The molecule has 6 nitrogen and oxygen atoms in total. The van der Waals surface area contributed by atoms with Crippen LogP contribution in [0.25, 0.3) is 0 Å². The predicted octanol–water partition coefficient (Wildman–Crippen LogP) is 2.51. The van der Waals surface area contributed by atoms with Crippen molar-refractivity contribution in [2.45, 2.75) is 20.5 Å². The Balaban J connectivity index is 2.44. The van der Waals surface area contributed by atoms with E-state index in [0.717, 1.165) is 5.56 Å². The number of rotatable bonds is 7. The van der Waals surface area contributed by atoms with Crippen LogP contribution in [0.4, 0.5) is 4.79 Å². The largest absolute Gasteiger partial charge is 0.445 e. The standard InChI is InChI=1S/C17H23ClN2O4/c1-17(2,14(18)21)15(22)19(3)10-11-20(4)16(23)24-12-13-8-6-5-7-9-13/h5-9H,10-12H2,1-4H3. The molecule has 0 bridgehead atoms. The molecule has 0 saturated heterocycles. The molecule has 0 saturated carbocycles. The van der Waals surface area contributed by atoms with Crippen molar-refractivity contribution in [1.29, 1.82) is 0 Å². The quantitative estimate of drug-likeness (QED) is 0.557. The molecule has 0 unspecified atom stereocenters. The van der Waals surface area contributed by atoms with E-state index in [1.165, 1.54) is 23.6 Å². The molecule has 0 aliphatic heterocycles. The van der Waals surface area contributed by atoms with Gasteiger partial charge in [-0.1, -0.05) is 30.3 Å². The van der Waals surface area contributed by atoms with Gasteiger partial charge in [0.2, 0.25) is 11.1 Å². The second-order valence-electron chi connectivity index (χ2n) is 6.09. The summed E-state index contributed by atoms with van der Waals surface area (Å²) in [5.74, 6) is -0.395. The molecule has 7 heteroatoms. The first-order valence-electron chi connectivity index (χ1n) is 7.53. The highest BCUT2D eigenvalue weighted by Gasteiger charge is 2.36. The summed E-state index contributed by atoms with van der Waals surface area (Å²) in [5.41, 5.74) is -0.392. The lowest BCUT2D eigenvalue weighted by atomic mass is 9.93. The number of ether oxygens (including phenoxy) is 1. The molecule has 1 aromatic rings. The van der Waals surface area contributed by atoms with Gasteiger partial charge in [0.25, 0.3) is 0 Å². The number of carbonyl (C=O) groups excluding carboxylic acids is 3. The maximum Gasteiger partial charge on any atom is 0.409 e. The lowest BCUT2D eigenvalue weighted by Crippen LogP contribution is -2.45. The average Bonchev–Trinajstić information content (AvgIpc) is 2.57. The fraction of sp³-hybridized carbons (Fsp3) is 0.471. The second kappa shape index (κ2) is 8.68. The topological polar surface area (TPSA) is 66.9 Å². The summed E-state index contributed by atoms with van der Waals surface area (Å²) in [6, 6.07) is 9.36. The van der Waals surface area contributed by atoms with Crippen molar-refractivity contribution in [3.8, 4) is 0 Å². The molecule has 0 heterocycles. The van der Waals surface area contributed by atoms with Crippen molar-refractivity contribution in [2.75, 3.05) is 27.2 Å². The molecule has 132 valence electrons. The average molecular weight is 355 g/mol. The molecule has 0 atom stereocenters. The van der Waals surface area contributed by atoms with Gasteiger partial charge in [0.05, 0.1) is 0 Å². The molecule has 0 spiro atoms. The van der Waals surface area contributed by atoms with E-state index in [-0.39, 0.29) is 19.7 Å². The third-order valence-electron chi connectivity index (χ3n) is 3.66. The molecule has 0 aromatic heterocycles. The number of likely N-dealkylation sites (N-methyl/N-ethyl adjacent to an activating group) is 2. The van der Waals surface area contributed by atoms with Gasteiger partial charge < -0.3 is 14.5 Å². The van der Waals surface area contributed by atoms with Crippen LogP contribution < -0.4 is 0 Å². The van der Waals surface area contributed by atoms with Gasteiger partial charge in [-0.05, 0) is 31.0 Å². The Bertz CT molecular complexity index is 590. The summed E-state index contributed by atoms with van der Waals surface area (Å²) >= 11 is 5.45. The minimum absolute atomic E-state index is 0.187. The number of hydrogen-bond acceptors (Lipinski definition) is 4. The summed E-state index contributed by atoms with van der Waals surface area (Å²) in [6.45, 7) is 3.68. The van der Waals surface area contributed by atoms with Gasteiger partial charge in [0.15, 0.2) is 0 Å². The van der Waals surface area contributed by atoms with E-state index in [9.17, 15) is 14.4 Å². The molecule has 0 fully saturated rings. The van der Waals surface area contributed by atoms with Crippen molar-refractivity contribution < 1.29 is 19.1 Å². The zero-order valence-corrected chi connectivity index (χ0v) is 15.2. The van der Waals surface area contributed by atoms with Gasteiger partial charge in [-0.15, -0.1) is 0 Å². The van der Waals surface area contributed by atoms with Gasteiger partial charge in [0.1, 0.15) is 12.0 Å². The third-order valence-corrected chi connectivity index (χ3v) is 4.13. The third kappa shape index (κ3) is 5.53. The number of halogens is 1. The minimum atomic E-state index is -1.29. The molecular weight excluding hydrogens is 332 g/mol. The Morgan fingerprint density at radius 1 is 1.04 bits per heavy atom. The zero-order valence-electron chi connectivity index (χ0n) is 14.4. The van der Waals surface area contributed by atoms with Crippen LogP contribution in [0, 0.1) is 5.41 Å². The highest BCUT2D eigenvalue weighted by molar-refractivity contribution is 6.66. The van der Waals surface area contributed by atoms with Crippen LogP contribution in [0.3, 0.4) is 0 Å². The summed E-state index contributed by atoms with van der Waals surface area (Å²) in [4.78, 5) is 38.2. The number of carbonyl (C=O) groups is 3. The Morgan fingerprint density at radius 3 is 2.12 bits per heavy atom. The first kappa shape index (κ1) is 20.0. The maximum absolute atomic E-state index is 12.2. The highest BCUT2D eigenvalue weighted by atomic mass is 35.5. The fourth-order valence-corrected chi connectivity index (χ4v) is 1.96. The molecule has 24 heavy (non-hydrogen) atoms. The lowest BCUT2D eigenvalue weighted by molar-refractivity contribution is -0.143. The Labute approximate surface area is 147 Å². The van der Waals surface area contributed by atoms with Crippen LogP contribution >= 0.6 is 11.6 Å². The summed E-state index contributed by atoms with van der Waals surface area (Å²) in [7, 11) is 3.15. The van der Waals surface area contributed by atoms with E-state index >= 15 is 0 Å². The van der Waals surface area contributed by atoms with Crippen molar-refractivity contribution >= 4 is 28.8 Å². The van der Waals surface area contributed by atoms with Crippen LogP contribution in [0.2, 0.25) is 0 Å². The number of hydrogen-bond donors (Lipinski definition) is 0. The van der Waals surface area contributed by atoms with Gasteiger partial charge in [-0.3, -0.25) is 9.59 Å². The molecule has 1 rings (SSSR count). The van der Waals surface area contributed by atoms with Gasteiger partial charge in [0, 0.05) is 27.2 Å². The van der Waals surface area contributed by atoms with E-state index in [2.05, 4.69) is 0 Å². The van der Waals surface area contributed by atoms with E-state index in [0.29, 0.717) is 0 Å². The van der Waals surface area contributed by atoms with Crippen LogP contribution in [0.1, 0.15) is 19.4 Å². The van der Waals surface area contributed by atoms with E-state index in [1.807, 2.05) is 30.3 Å². The molecule has 0 N–H and O–H groups in total. The van der Waals surface area contributed by atoms with Gasteiger partial charge >= 0.3 is 6.09 Å². The molecule has 0 aliphatic carbocycles. The van der Waals surface area contributed by atoms with Crippen LogP contribution in [0.5, 0.6) is 0 Å². The Morgan fingerprint density at radius 2 is 1.58 bits per heavy atom. The van der Waals surface area contributed by atoms with Crippen molar-refractivity contribution in [3.63, 3.8) is 0 Å². The molecule has 0 radical (unpaired) electrons. The van der Waals surface area contributed by atoms with Gasteiger partial charge in [-0.2, -0.15) is 0 Å². The van der Waals surface area contributed by atoms with Crippen LogP contribution in [0.15, 0.2) is 30.3 Å². The summed E-state index contributed by atoms with van der Waals surface area (Å²) < 4.78 is 5.20. The van der Waals surface area contributed by atoms with Gasteiger partial charge in [-0.25, -0.2) is 4.79 Å². The van der Waals surface area contributed by atoms with Crippen molar-refractivity contribution in [2.24, 2.45) is 5.41 Å². The second-order valence-corrected chi connectivity index (χ2v) is 6.43. The van der Waals surface area contributed by atoms with E-state index < -0.39 is 22.7 Å². The number of amides is 2. The Hall–Kier alpha value is -2.08. The fourth-order valence-electron chi connectivity index (χ4n) is 1.88. The highest BCUT2D eigenvalue weighted by Crippen LogP contribution is 2.21. The number of nitrogens with zero attached hydrogens (tertiary/aromatic N) is 2. The normalized spacial score (nSPS) is 10.9. The summed E-state index contributed by atoms with van der Waals surface area (Å²) in [6.07, 6.45) is -0.479. The van der Waals surface area contributed by atoms with Crippen LogP contribution in [-0.2, 0) is 20.9 Å². The van der Waals surface area contributed by atoms with E-state index in [4.69, 9.17) is 16.3 Å². The van der Waals surface area contributed by atoms with Crippen molar-refractivity contribution in [1.82, 2.24) is 9.80 Å². The SMILES string of the molecule is CN(CCN(C)C(=O)C(C)(C)C(=O)Cl)C(=O)OCc1ccccc1. The molecule has 0 aliphatic rings. The van der Waals surface area contributed by atoms with Crippen molar-refractivity contribution in [3.05, 3.63) is 35.9 Å². The first-order chi connectivity index (χ1) is 11.2.